The SMILES string of the molecule is CCOC(=O)c1cc2cccn2c(C(C)OC2C=CCCC2)c1C. The monoisotopic (exact) mass is 327 g/mol. The van der Waals surface area contributed by atoms with Crippen LogP contribution in [-0.4, -0.2) is 23.1 Å². The zero-order valence-corrected chi connectivity index (χ0v) is 14.6. The fourth-order valence-electron chi connectivity index (χ4n) is 3.45. The molecule has 0 radical (unpaired) electrons. The molecule has 2 aromatic rings. The molecule has 0 fully saturated rings. The van der Waals surface area contributed by atoms with E-state index in [4.69, 9.17) is 9.47 Å². The van der Waals surface area contributed by atoms with E-state index in [-0.39, 0.29) is 18.2 Å². The molecule has 0 saturated heterocycles. The van der Waals surface area contributed by atoms with Crippen molar-refractivity contribution < 1.29 is 14.3 Å². The molecular weight excluding hydrogens is 302 g/mol. The van der Waals surface area contributed by atoms with Crippen molar-refractivity contribution in [3.05, 3.63) is 53.4 Å². The molecule has 1 aliphatic carbocycles. The topological polar surface area (TPSA) is 39.9 Å². The predicted molar refractivity (Wildman–Crippen MR) is 94.4 cm³/mol. The molecule has 0 saturated carbocycles. The number of pyridine rings is 1. The molecule has 128 valence electrons. The van der Waals surface area contributed by atoms with Gasteiger partial charge in [-0.05, 0) is 63.8 Å². The Labute approximate surface area is 143 Å². The second kappa shape index (κ2) is 7.22. The van der Waals surface area contributed by atoms with Crippen LogP contribution < -0.4 is 0 Å². The molecule has 0 bridgehead atoms. The van der Waals surface area contributed by atoms with Crippen LogP contribution in [0.3, 0.4) is 0 Å². The van der Waals surface area contributed by atoms with Crippen LogP contribution >= 0.6 is 0 Å². The van der Waals surface area contributed by atoms with Crippen LogP contribution in [0.4, 0.5) is 0 Å². The number of carbonyl (C=O) groups is 1. The van der Waals surface area contributed by atoms with E-state index in [9.17, 15) is 4.79 Å². The number of nitrogens with zero attached hydrogens (tertiary/aromatic N) is 1. The van der Waals surface area contributed by atoms with E-state index in [1.54, 1.807) is 0 Å². The maximum atomic E-state index is 12.3. The van der Waals surface area contributed by atoms with Gasteiger partial charge in [-0.3, -0.25) is 0 Å². The average Bonchev–Trinajstić information content (AvgIpc) is 3.03. The normalized spacial score (nSPS) is 18.7. The van der Waals surface area contributed by atoms with Crippen LogP contribution in [0.2, 0.25) is 0 Å². The molecular formula is C20H25NO3. The molecule has 0 amide bonds. The molecule has 24 heavy (non-hydrogen) atoms. The van der Waals surface area contributed by atoms with Gasteiger partial charge in [-0.15, -0.1) is 0 Å². The van der Waals surface area contributed by atoms with E-state index in [0.717, 1.165) is 36.0 Å². The highest BCUT2D eigenvalue weighted by molar-refractivity contribution is 5.92. The minimum absolute atomic E-state index is 0.109. The molecule has 3 rings (SSSR count). The highest BCUT2D eigenvalue weighted by Gasteiger charge is 2.22. The number of allylic oxidation sites excluding steroid dienone is 1. The Morgan fingerprint density at radius 3 is 3.00 bits per heavy atom. The molecule has 0 N–H and O–H groups in total. The number of ether oxygens (including phenoxy) is 2. The number of hydrogen-bond acceptors (Lipinski definition) is 3. The molecule has 2 heterocycles. The van der Waals surface area contributed by atoms with Gasteiger partial charge in [-0.1, -0.05) is 12.2 Å². The van der Waals surface area contributed by atoms with Gasteiger partial charge in [0.05, 0.1) is 30.1 Å². The lowest BCUT2D eigenvalue weighted by Gasteiger charge is -2.25. The first-order chi connectivity index (χ1) is 11.6. The number of fused-ring (bicyclic) bond motifs is 1. The first-order valence-corrected chi connectivity index (χ1v) is 8.71. The second-order valence-corrected chi connectivity index (χ2v) is 6.27. The Kier molecular flexibility index (Phi) is 5.05. The molecule has 2 aromatic heterocycles. The molecule has 2 unspecified atom stereocenters. The van der Waals surface area contributed by atoms with Gasteiger partial charge in [-0.2, -0.15) is 0 Å². The maximum absolute atomic E-state index is 12.3. The Bertz CT molecular complexity index is 760. The summed E-state index contributed by atoms with van der Waals surface area (Å²) in [6, 6.07) is 5.88. The van der Waals surface area contributed by atoms with Crippen molar-refractivity contribution in [3.8, 4) is 0 Å². The largest absolute Gasteiger partial charge is 0.462 e. The lowest BCUT2D eigenvalue weighted by molar-refractivity contribution is 0.0127. The van der Waals surface area contributed by atoms with E-state index >= 15 is 0 Å². The Hall–Kier alpha value is -2.07. The van der Waals surface area contributed by atoms with Crippen molar-refractivity contribution in [1.82, 2.24) is 4.40 Å². The van der Waals surface area contributed by atoms with Crippen LogP contribution in [-0.2, 0) is 9.47 Å². The van der Waals surface area contributed by atoms with Gasteiger partial charge >= 0.3 is 5.97 Å². The summed E-state index contributed by atoms with van der Waals surface area (Å²) in [6.45, 7) is 6.22. The van der Waals surface area contributed by atoms with Crippen molar-refractivity contribution in [2.75, 3.05) is 6.61 Å². The fourth-order valence-corrected chi connectivity index (χ4v) is 3.45. The van der Waals surface area contributed by atoms with Crippen LogP contribution in [0.15, 0.2) is 36.5 Å². The highest BCUT2D eigenvalue weighted by Crippen LogP contribution is 2.29. The lowest BCUT2D eigenvalue weighted by atomic mass is 10.0. The van der Waals surface area contributed by atoms with Crippen molar-refractivity contribution in [2.45, 2.75) is 52.2 Å². The van der Waals surface area contributed by atoms with Gasteiger partial charge in [0.15, 0.2) is 0 Å². The van der Waals surface area contributed by atoms with Crippen LogP contribution in [0.1, 0.15) is 60.8 Å². The zero-order valence-electron chi connectivity index (χ0n) is 14.6. The average molecular weight is 327 g/mol. The third kappa shape index (κ3) is 3.24. The first-order valence-electron chi connectivity index (χ1n) is 8.71. The van der Waals surface area contributed by atoms with E-state index in [0.29, 0.717) is 12.2 Å². The number of carbonyl (C=O) groups excluding carboxylic acids is 1. The first kappa shape index (κ1) is 16.8. The molecule has 4 nitrogen and oxygen atoms in total. The number of aromatic nitrogens is 1. The summed E-state index contributed by atoms with van der Waals surface area (Å²) < 4.78 is 13.6. The van der Waals surface area contributed by atoms with Gasteiger partial charge in [0.25, 0.3) is 0 Å². The summed E-state index contributed by atoms with van der Waals surface area (Å²) in [5.41, 5.74) is 3.53. The van der Waals surface area contributed by atoms with E-state index in [1.807, 2.05) is 38.2 Å². The van der Waals surface area contributed by atoms with Gasteiger partial charge in [0.1, 0.15) is 0 Å². The second-order valence-electron chi connectivity index (χ2n) is 6.27. The van der Waals surface area contributed by atoms with Gasteiger partial charge < -0.3 is 13.9 Å². The van der Waals surface area contributed by atoms with Crippen molar-refractivity contribution in [3.63, 3.8) is 0 Å². The van der Waals surface area contributed by atoms with E-state index in [2.05, 4.69) is 23.5 Å². The van der Waals surface area contributed by atoms with E-state index < -0.39 is 0 Å². The Morgan fingerprint density at radius 2 is 2.29 bits per heavy atom. The Morgan fingerprint density at radius 1 is 1.46 bits per heavy atom. The summed E-state index contributed by atoms with van der Waals surface area (Å²) in [7, 11) is 0. The smallest absolute Gasteiger partial charge is 0.338 e. The standard InChI is InChI=1S/C20H25NO3/c1-4-23-20(22)18-13-16-9-8-12-21(16)19(14(18)2)15(3)24-17-10-6-5-7-11-17/h6,8-10,12-13,15,17H,4-5,7,11H2,1-3H3. The van der Waals surface area contributed by atoms with Gasteiger partial charge in [-0.25, -0.2) is 4.79 Å². The highest BCUT2D eigenvalue weighted by atomic mass is 16.5. The molecule has 4 heteroatoms. The van der Waals surface area contributed by atoms with Gasteiger partial charge in [0.2, 0.25) is 0 Å². The van der Waals surface area contributed by atoms with Crippen LogP contribution in [0, 0.1) is 6.92 Å². The number of esters is 1. The minimum Gasteiger partial charge on any atom is -0.462 e. The van der Waals surface area contributed by atoms with Crippen LogP contribution in [0.25, 0.3) is 5.52 Å². The summed E-state index contributed by atoms with van der Waals surface area (Å²) in [5.74, 6) is -0.273. The summed E-state index contributed by atoms with van der Waals surface area (Å²) in [4.78, 5) is 12.3. The summed E-state index contributed by atoms with van der Waals surface area (Å²) in [6.07, 6.45) is 9.73. The fraction of sp³-hybridized carbons (Fsp3) is 0.450. The molecule has 0 spiro atoms. The third-order valence-corrected chi connectivity index (χ3v) is 4.59. The zero-order chi connectivity index (χ0) is 17.1. The number of rotatable bonds is 5. The summed E-state index contributed by atoms with van der Waals surface area (Å²) >= 11 is 0. The molecule has 1 aliphatic rings. The molecule has 0 aliphatic heterocycles. The predicted octanol–water partition coefficient (Wildman–Crippen LogP) is 4.61. The van der Waals surface area contributed by atoms with Crippen molar-refractivity contribution >= 4 is 11.5 Å². The van der Waals surface area contributed by atoms with E-state index in [1.165, 1.54) is 0 Å². The third-order valence-electron chi connectivity index (χ3n) is 4.59. The van der Waals surface area contributed by atoms with Crippen molar-refractivity contribution in [2.24, 2.45) is 0 Å². The lowest BCUT2D eigenvalue weighted by Crippen LogP contribution is -2.19. The molecule has 0 aromatic carbocycles. The van der Waals surface area contributed by atoms with Gasteiger partial charge in [0, 0.05) is 11.7 Å². The Balaban J connectivity index is 1.99. The quantitative estimate of drug-likeness (QED) is 0.595. The molecule has 2 atom stereocenters. The summed E-state index contributed by atoms with van der Waals surface area (Å²) in [5, 5.41) is 0. The number of hydrogen-bond donors (Lipinski definition) is 0. The van der Waals surface area contributed by atoms with Crippen molar-refractivity contribution in [1.29, 1.82) is 0 Å². The maximum Gasteiger partial charge on any atom is 0.338 e. The van der Waals surface area contributed by atoms with Crippen LogP contribution in [0.5, 0.6) is 0 Å². The minimum atomic E-state index is -0.273.